The van der Waals surface area contributed by atoms with Crippen LogP contribution in [0.5, 0.6) is 0 Å². The lowest BCUT2D eigenvalue weighted by atomic mass is 9.98. The van der Waals surface area contributed by atoms with E-state index >= 15 is 0 Å². The number of pyridine rings is 1. The van der Waals surface area contributed by atoms with Crippen LogP contribution in [-0.4, -0.2) is 51.8 Å². The summed E-state index contributed by atoms with van der Waals surface area (Å²) in [7, 11) is 0. The summed E-state index contributed by atoms with van der Waals surface area (Å²) in [5.74, 6) is -1.18. The Hall–Kier alpha value is -2.97. The minimum absolute atomic E-state index is 0.344. The van der Waals surface area contributed by atoms with Gasteiger partial charge in [-0.05, 0) is 25.8 Å². The van der Waals surface area contributed by atoms with Crippen molar-refractivity contribution in [2.75, 3.05) is 16.8 Å². The van der Waals surface area contributed by atoms with E-state index in [1.54, 1.807) is 13.0 Å². The molecular formula is C17H19N5O4. The number of anilines is 2. The maximum atomic E-state index is 12.9. The van der Waals surface area contributed by atoms with E-state index in [0.29, 0.717) is 24.2 Å². The van der Waals surface area contributed by atoms with Crippen LogP contribution in [0.4, 0.5) is 16.2 Å². The normalized spacial score (nSPS) is 23.9. The van der Waals surface area contributed by atoms with Crippen molar-refractivity contribution in [3.8, 4) is 0 Å². The first-order valence-corrected chi connectivity index (χ1v) is 8.64. The van der Waals surface area contributed by atoms with Crippen LogP contribution >= 0.6 is 0 Å². The molecule has 3 heterocycles. The van der Waals surface area contributed by atoms with Gasteiger partial charge in [0.1, 0.15) is 18.1 Å². The Labute approximate surface area is 149 Å². The van der Waals surface area contributed by atoms with Gasteiger partial charge in [-0.15, -0.1) is 0 Å². The molecule has 0 aromatic carbocycles. The van der Waals surface area contributed by atoms with Gasteiger partial charge >= 0.3 is 6.03 Å². The summed E-state index contributed by atoms with van der Waals surface area (Å²) in [5, 5.41) is 5.44. The summed E-state index contributed by atoms with van der Waals surface area (Å²) in [4.78, 5) is 56.3. The molecule has 1 aliphatic carbocycles. The highest BCUT2D eigenvalue weighted by Gasteiger charge is 2.53. The van der Waals surface area contributed by atoms with Crippen molar-refractivity contribution < 1.29 is 19.2 Å². The van der Waals surface area contributed by atoms with Crippen molar-refractivity contribution in [3.63, 3.8) is 0 Å². The number of carbonyl (C=O) groups is 4. The number of imide groups is 1. The average Bonchev–Trinajstić information content (AvgIpc) is 3.17. The second-order valence-electron chi connectivity index (χ2n) is 6.93. The average molecular weight is 357 g/mol. The van der Waals surface area contributed by atoms with E-state index in [2.05, 4.69) is 15.6 Å². The lowest BCUT2D eigenvalue weighted by molar-refractivity contribution is -0.134. The summed E-state index contributed by atoms with van der Waals surface area (Å²) in [6, 6.07) is 0.320. The molecule has 5 amide bonds. The SMILES string of the molecule is C[C@H]1C(=O)Nc2cnccc2N1C(=O)CN1C(=O)NC2(CCCC2)C1=O. The summed E-state index contributed by atoms with van der Waals surface area (Å²) in [6.07, 6.45) is 5.92. The first-order chi connectivity index (χ1) is 12.4. The van der Waals surface area contributed by atoms with Gasteiger partial charge in [0.2, 0.25) is 11.8 Å². The molecule has 3 aliphatic rings. The fourth-order valence-electron chi connectivity index (χ4n) is 3.96. The van der Waals surface area contributed by atoms with Gasteiger partial charge in [-0.1, -0.05) is 12.8 Å². The quantitative estimate of drug-likeness (QED) is 0.754. The largest absolute Gasteiger partial charge is 0.325 e. The number of carbonyl (C=O) groups excluding carboxylic acids is 4. The van der Waals surface area contributed by atoms with Crippen molar-refractivity contribution >= 4 is 35.1 Å². The Morgan fingerprint density at radius 3 is 2.77 bits per heavy atom. The molecule has 1 aromatic rings. The summed E-state index contributed by atoms with van der Waals surface area (Å²) in [5.41, 5.74) is 0.0671. The number of amides is 5. The third kappa shape index (κ3) is 2.34. The summed E-state index contributed by atoms with van der Waals surface area (Å²) >= 11 is 0. The zero-order valence-corrected chi connectivity index (χ0v) is 14.3. The molecule has 1 atom stereocenters. The molecule has 1 aromatic heterocycles. The number of rotatable bonds is 2. The molecule has 1 saturated carbocycles. The maximum Gasteiger partial charge on any atom is 0.325 e. The minimum Gasteiger partial charge on any atom is -0.323 e. The van der Waals surface area contributed by atoms with Gasteiger partial charge in [-0.2, -0.15) is 0 Å². The van der Waals surface area contributed by atoms with Crippen LogP contribution in [0.3, 0.4) is 0 Å². The molecule has 26 heavy (non-hydrogen) atoms. The van der Waals surface area contributed by atoms with Crippen LogP contribution in [0.1, 0.15) is 32.6 Å². The van der Waals surface area contributed by atoms with E-state index in [0.717, 1.165) is 17.7 Å². The minimum atomic E-state index is -0.857. The van der Waals surface area contributed by atoms with Crippen LogP contribution in [0.25, 0.3) is 0 Å². The van der Waals surface area contributed by atoms with Crippen LogP contribution in [0.2, 0.25) is 0 Å². The lowest BCUT2D eigenvalue weighted by Gasteiger charge is -2.34. The highest BCUT2D eigenvalue weighted by Crippen LogP contribution is 2.36. The van der Waals surface area contributed by atoms with Gasteiger partial charge in [0.15, 0.2) is 0 Å². The second-order valence-corrected chi connectivity index (χ2v) is 6.93. The van der Waals surface area contributed by atoms with Gasteiger partial charge in [-0.3, -0.25) is 29.2 Å². The van der Waals surface area contributed by atoms with E-state index in [-0.39, 0.29) is 11.8 Å². The third-order valence-corrected chi connectivity index (χ3v) is 5.35. The van der Waals surface area contributed by atoms with E-state index in [1.165, 1.54) is 17.3 Å². The van der Waals surface area contributed by atoms with Crippen LogP contribution in [0, 0.1) is 0 Å². The van der Waals surface area contributed by atoms with E-state index in [1.807, 2.05) is 0 Å². The van der Waals surface area contributed by atoms with Gasteiger partial charge in [-0.25, -0.2) is 4.79 Å². The number of hydrogen-bond donors (Lipinski definition) is 2. The maximum absolute atomic E-state index is 12.9. The molecule has 1 spiro atoms. The zero-order valence-electron chi connectivity index (χ0n) is 14.3. The van der Waals surface area contributed by atoms with Crippen molar-refractivity contribution in [2.45, 2.75) is 44.2 Å². The predicted octanol–water partition coefficient (Wildman–Crippen LogP) is 0.620. The van der Waals surface area contributed by atoms with E-state index in [4.69, 9.17) is 0 Å². The van der Waals surface area contributed by atoms with Crippen LogP contribution in [-0.2, 0) is 14.4 Å². The fraction of sp³-hybridized carbons (Fsp3) is 0.471. The first kappa shape index (κ1) is 16.5. The van der Waals surface area contributed by atoms with Gasteiger partial charge in [0.25, 0.3) is 5.91 Å². The van der Waals surface area contributed by atoms with Gasteiger partial charge < -0.3 is 10.6 Å². The Morgan fingerprint density at radius 1 is 1.31 bits per heavy atom. The topological polar surface area (TPSA) is 112 Å². The Balaban J connectivity index is 1.59. The molecule has 0 bridgehead atoms. The summed E-state index contributed by atoms with van der Waals surface area (Å²) in [6.45, 7) is 1.20. The van der Waals surface area contributed by atoms with Crippen molar-refractivity contribution in [1.29, 1.82) is 0 Å². The molecule has 2 aliphatic heterocycles. The van der Waals surface area contributed by atoms with Crippen LogP contribution in [0.15, 0.2) is 18.5 Å². The van der Waals surface area contributed by atoms with Crippen molar-refractivity contribution in [3.05, 3.63) is 18.5 Å². The molecule has 4 rings (SSSR count). The molecule has 0 radical (unpaired) electrons. The number of aromatic nitrogens is 1. The van der Waals surface area contributed by atoms with E-state index in [9.17, 15) is 19.2 Å². The number of nitrogens with zero attached hydrogens (tertiary/aromatic N) is 3. The van der Waals surface area contributed by atoms with Gasteiger partial charge in [0.05, 0.1) is 17.6 Å². The molecular weight excluding hydrogens is 338 g/mol. The molecule has 9 heteroatoms. The van der Waals surface area contributed by atoms with Gasteiger partial charge in [0, 0.05) is 6.20 Å². The second kappa shape index (κ2) is 5.79. The van der Waals surface area contributed by atoms with E-state index < -0.39 is 30.1 Å². The fourth-order valence-corrected chi connectivity index (χ4v) is 3.96. The number of nitrogens with one attached hydrogen (secondary N) is 2. The Bertz CT molecular complexity index is 817. The third-order valence-electron chi connectivity index (χ3n) is 5.35. The summed E-state index contributed by atoms with van der Waals surface area (Å²) < 4.78 is 0. The Kier molecular flexibility index (Phi) is 3.67. The molecule has 0 unspecified atom stereocenters. The highest BCUT2D eigenvalue weighted by molar-refractivity contribution is 6.15. The number of fused-ring (bicyclic) bond motifs is 1. The highest BCUT2D eigenvalue weighted by atomic mass is 16.2. The first-order valence-electron chi connectivity index (χ1n) is 8.64. The predicted molar refractivity (Wildman–Crippen MR) is 91.3 cm³/mol. The molecule has 9 nitrogen and oxygen atoms in total. The lowest BCUT2D eigenvalue weighted by Crippen LogP contribution is -2.53. The molecule has 2 fully saturated rings. The molecule has 2 N–H and O–H groups in total. The van der Waals surface area contributed by atoms with Crippen molar-refractivity contribution in [1.82, 2.24) is 15.2 Å². The smallest absolute Gasteiger partial charge is 0.323 e. The monoisotopic (exact) mass is 357 g/mol. The number of hydrogen-bond acceptors (Lipinski definition) is 5. The molecule has 136 valence electrons. The van der Waals surface area contributed by atoms with Crippen LogP contribution < -0.4 is 15.5 Å². The zero-order chi connectivity index (χ0) is 18.5. The standard InChI is InChI=1S/C17H19N5O4/c1-10-14(24)19-11-8-18-7-4-12(11)22(10)13(23)9-21-15(25)17(20-16(21)26)5-2-3-6-17/h4,7-8,10H,2-3,5-6,9H2,1H3,(H,19,24)(H,20,26)/t10-/m0/s1. The molecule has 1 saturated heterocycles. The Morgan fingerprint density at radius 2 is 2.04 bits per heavy atom. The van der Waals surface area contributed by atoms with Crippen molar-refractivity contribution in [2.24, 2.45) is 0 Å². The number of urea groups is 1.